The summed E-state index contributed by atoms with van der Waals surface area (Å²) in [5.74, 6) is 0.519. The van der Waals surface area contributed by atoms with E-state index < -0.39 is 0 Å². The molecule has 3 N–H and O–H groups in total. The maximum Gasteiger partial charge on any atom is 0.269 e. The monoisotopic (exact) mass is 384 g/mol. The number of nitrogen functional groups attached to an aromatic ring is 1. The first kappa shape index (κ1) is 16.7. The third kappa shape index (κ3) is 2.97. The van der Waals surface area contributed by atoms with Gasteiger partial charge in [0.2, 0.25) is 0 Å². The Hall–Kier alpha value is -2.71. The van der Waals surface area contributed by atoms with Crippen LogP contribution in [0.1, 0.15) is 22.3 Å². The van der Waals surface area contributed by atoms with Crippen molar-refractivity contribution < 1.29 is 9.53 Å². The van der Waals surface area contributed by atoms with Gasteiger partial charge in [0.1, 0.15) is 15.5 Å². The summed E-state index contributed by atoms with van der Waals surface area (Å²) >= 11 is 2.67. The van der Waals surface area contributed by atoms with Crippen molar-refractivity contribution in [3.8, 4) is 5.75 Å². The number of rotatable bonds is 4. The van der Waals surface area contributed by atoms with Crippen LogP contribution in [0.4, 0.5) is 10.8 Å². The molecule has 26 heavy (non-hydrogen) atoms. The zero-order valence-corrected chi connectivity index (χ0v) is 15.8. The van der Waals surface area contributed by atoms with E-state index >= 15 is 0 Å². The number of nitrogens with two attached hydrogens (primary N) is 1. The van der Waals surface area contributed by atoms with Crippen molar-refractivity contribution >= 4 is 60.5 Å². The lowest BCUT2D eigenvalue weighted by atomic mass is 10.1. The van der Waals surface area contributed by atoms with Gasteiger partial charge in [0.05, 0.1) is 23.5 Å². The number of fused-ring (bicyclic) bond motifs is 2. The molecule has 0 saturated heterocycles. The fraction of sp³-hybridized carbons (Fsp3) is 0.167. The highest BCUT2D eigenvalue weighted by Crippen LogP contribution is 2.35. The molecule has 0 radical (unpaired) electrons. The van der Waals surface area contributed by atoms with E-state index in [-0.39, 0.29) is 5.91 Å². The summed E-state index contributed by atoms with van der Waals surface area (Å²) in [6.45, 7) is 4.42. The summed E-state index contributed by atoms with van der Waals surface area (Å²) < 4.78 is 5.54. The third-order valence-electron chi connectivity index (χ3n) is 3.84. The summed E-state index contributed by atoms with van der Waals surface area (Å²) in [5, 5.41) is 6.94. The molecule has 0 aliphatic carbocycles. The van der Waals surface area contributed by atoms with Crippen LogP contribution < -0.4 is 15.8 Å². The van der Waals surface area contributed by atoms with Crippen LogP contribution in [0.5, 0.6) is 5.75 Å². The van der Waals surface area contributed by atoms with Crippen molar-refractivity contribution in [1.82, 2.24) is 9.97 Å². The van der Waals surface area contributed by atoms with Crippen molar-refractivity contribution in [3.05, 3.63) is 40.2 Å². The number of hydrogen-bond acceptors (Lipinski definition) is 7. The number of benzene rings is 1. The predicted molar refractivity (Wildman–Crippen MR) is 108 cm³/mol. The Labute approximate surface area is 157 Å². The number of amides is 1. The molecule has 0 unspecified atom stereocenters. The van der Waals surface area contributed by atoms with Crippen LogP contribution in [0.25, 0.3) is 21.1 Å². The molecule has 3 aromatic heterocycles. The molecular weight excluding hydrogens is 368 g/mol. The van der Waals surface area contributed by atoms with Crippen LogP contribution in [0.2, 0.25) is 0 Å². The van der Waals surface area contributed by atoms with Crippen molar-refractivity contribution in [3.63, 3.8) is 0 Å². The third-order valence-corrected chi connectivity index (χ3v) is 5.83. The Morgan fingerprint density at radius 1 is 1.31 bits per heavy atom. The number of thiophene rings is 1. The van der Waals surface area contributed by atoms with Gasteiger partial charge in [-0.2, -0.15) is 0 Å². The Kier molecular flexibility index (Phi) is 4.21. The molecular formula is C18H16N4O2S2. The number of aryl methyl sites for hydroxylation is 1. The van der Waals surface area contributed by atoms with Gasteiger partial charge in [0, 0.05) is 16.2 Å². The summed E-state index contributed by atoms with van der Waals surface area (Å²) in [6.07, 6.45) is 0. The number of carbonyl (C=O) groups excluding carboxylic acids is 1. The first-order chi connectivity index (χ1) is 12.5. The second kappa shape index (κ2) is 6.54. The van der Waals surface area contributed by atoms with Crippen molar-refractivity contribution in [2.45, 2.75) is 13.8 Å². The molecule has 0 aliphatic heterocycles. The molecule has 1 amide bonds. The lowest BCUT2D eigenvalue weighted by Gasteiger charge is -2.04. The largest absolute Gasteiger partial charge is 0.494 e. The normalized spacial score (nSPS) is 11.2. The fourth-order valence-electron chi connectivity index (χ4n) is 2.67. The van der Waals surface area contributed by atoms with E-state index in [4.69, 9.17) is 10.5 Å². The van der Waals surface area contributed by atoms with Crippen molar-refractivity contribution in [2.75, 3.05) is 17.7 Å². The lowest BCUT2D eigenvalue weighted by molar-refractivity contribution is 0.103. The van der Waals surface area contributed by atoms with Crippen LogP contribution >= 0.6 is 22.7 Å². The molecule has 0 bridgehead atoms. The molecule has 0 aliphatic rings. The molecule has 4 aromatic rings. The van der Waals surface area contributed by atoms with Gasteiger partial charge in [-0.25, -0.2) is 9.97 Å². The van der Waals surface area contributed by atoms with E-state index in [1.807, 2.05) is 43.5 Å². The lowest BCUT2D eigenvalue weighted by Crippen LogP contribution is -2.11. The van der Waals surface area contributed by atoms with E-state index in [0.29, 0.717) is 22.3 Å². The van der Waals surface area contributed by atoms with Crippen LogP contribution in [-0.2, 0) is 0 Å². The van der Waals surface area contributed by atoms with E-state index in [2.05, 4.69) is 15.3 Å². The minimum atomic E-state index is -0.265. The molecule has 1 aromatic carbocycles. The fourth-order valence-corrected chi connectivity index (χ4v) is 4.34. The molecule has 8 heteroatoms. The number of ether oxygens (including phenoxy) is 1. The summed E-state index contributed by atoms with van der Waals surface area (Å²) in [5.41, 5.74) is 8.39. The minimum Gasteiger partial charge on any atom is -0.494 e. The second-order valence-corrected chi connectivity index (χ2v) is 7.58. The van der Waals surface area contributed by atoms with Crippen LogP contribution in [0, 0.1) is 6.92 Å². The van der Waals surface area contributed by atoms with Gasteiger partial charge in [0.25, 0.3) is 5.91 Å². The molecule has 0 spiro atoms. The molecule has 3 heterocycles. The number of aromatic nitrogens is 2. The van der Waals surface area contributed by atoms with E-state index in [1.54, 1.807) is 0 Å². The highest BCUT2D eigenvalue weighted by molar-refractivity contribution is 7.21. The number of hydrogen-bond donors (Lipinski definition) is 2. The number of nitrogens with one attached hydrogen (secondary N) is 1. The molecule has 0 atom stereocenters. The Bertz CT molecular complexity index is 1130. The highest BCUT2D eigenvalue weighted by atomic mass is 32.1. The minimum absolute atomic E-state index is 0.265. The van der Waals surface area contributed by atoms with Gasteiger partial charge < -0.3 is 10.5 Å². The molecule has 0 fully saturated rings. The maximum absolute atomic E-state index is 12.6. The first-order valence-electron chi connectivity index (χ1n) is 8.04. The van der Waals surface area contributed by atoms with Gasteiger partial charge in [0.15, 0.2) is 5.13 Å². The Morgan fingerprint density at radius 3 is 2.88 bits per heavy atom. The Morgan fingerprint density at radius 2 is 2.15 bits per heavy atom. The van der Waals surface area contributed by atoms with Crippen LogP contribution in [0.15, 0.2) is 29.6 Å². The van der Waals surface area contributed by atoms with Gasteiger partial charge in [-0.15, -0.1) is 22.7 Å². The molecule has 132 valence electrons. The van der Waals surface area contributed by atoms with Crippen LogP contribution in [0.3, 0.4) is 0 Å². The van der Waals surface area contributed by atoms with E-state index in [9.17, 15) is 4.79 Å². The summed E-state index contributed by atoms with van der Waals surface area (Å²) in [6, 6.07) is 7.69. The average molecular weight is 384 g/mol. The highest BCUT2D eigenvalue weighted by Gasteiger charge is 2.19. The second-order valence-electron chi connectivity index (χ2n) is 5.72. The zero-order valence-electron chi connectivity index (χ0n) is 14.2. The topological polar surface area (TPSA) is 90.1 Å². The summed E-state index contributed by atoms with van der Waals surface area (Å²) in [4.78, 5) is 22.7. The average Bonchev–Trinajstić information content (AvgIpc) is 3.17. The number of pyridine rings is 1. The van der Waals surface area contributed by atoms with E-state index in [0.717, 1.165) is 32.6 Å². The smallest absolute Gasteiger partial charge is 0.269 e. The summed E-state index contributed by atoms with van der Waals surface area (Å²) in [7, 11) is 0. The van der Waals surface area contributed by atoms with Gasteiger partial charge in [-0.3, -0.25) is 10.1 Å². The first-order valence-corrected chi connectivity index (χ1v) is 9.74. The van der Waals surface area contributed by atoms with Gasteiger partial charge in [-0.05, 0) is 38.1 Å². The number of nitrogens with zero attached hydrogens (tertiary/aromatic N) is 2. The zero-order chi connectivity index (χ0) is 18.3. The number of carbonyl (C=O) groups is 1. The molecule has 0 saturated carbocycles. The SMILES string of the molecule is CCOc1ccc2nc3sc(C(=O)Nc4nc(C)cs4)c(N)c3cc2c1. The maximum atomic E-state index is 12.6. The Balaban J connectivity index is 1.75. The quantitative estimate of drug-likeness (QED) is 0.542. The van der Waals surface area contributed by atoms with Crippen molar-refractivity contribution in [1.29, 1.82) is 0 Å². The number of thiazole rings is 1. The van der Waals surface area contributed by atoms with E-state index in [1.165, 1.54) is 22.7 Å². The van der Waals surface area contributed by atoms with Crippen molar-refractivity contribution in [2.24, 2.45) is 0 Å². The van der Waals surface area contributed by atoms with Gasteiger partial charge in [-0.1, -0.05) is 0 Å². The number of anilines is 2. The molecule has 4 rings (SSSR count). The standard InChI is InChI=1S/C18H16N4O2S2/c1-3-24-11-4-5-13-10(6-11)7-12-14(19)15(26-17(12)21-13)16(23)22-18-20-9(2)8-25-18/h4-8H,3,19H2,1-2H3,(H,20,22,23). The predicted octanol–water partition coefficient (Wildman–Crippen LogP) is 4.45. The molecule has 6 nitrogen and oxygen atoms in total. The van der Waals surface area contributed by atoms with Gasteiger partial charge >= 0.3 is 0 Å². The van der Waals surface area contributed by atoms with Crippen LogP contribution in [-0.4, -0.2) is 22.5 Å².